The number of hydrogen-bond donors (Lipinski definition) is 0. The van der Waals surface area contributed by atoms with Gasteiger partial charge in [-0.1, -0.05) is 18.2 Å². The van der Waals surface area contributed by atoms with Gasteiger partial charge in [-0.05, 0) is 31.1 Å². The van der Waals surface area contributed by atoms with Crippen molar-refractivity contribution >= 4 is 11.8 Å². The number of thioether (sulfide) groups is 1. The normalized spacial score (nSPS) is 20.8. The van der Waals surface area contributed by atoms with Gasteiger partial charge in [-0.15, -0.1) is 10.2 Å². The zero-order valence-electron chi connectivity index (χ0n) is 10.6. The van der Waals surface area contributed by atoms with E-state index in [-0.39, 0.29) is 5.41 Å². The van der Waals surface area contributed by atoms with Gasteiger partial charge < -0.3 is 4.57 Å². The lowest BCUT2D eigenvalue weighted by Gasteiger charge is -2.10. The zero-order valence-corrected chi connectivity index (χ0v) is 11.4. The van der Waals surface area contributed by atoms with Crippen LogP contribution in [0.5, 0.6) is 0 Å². The van der Waals surface area contributed by atoms with Crippen molar-refractivity contribution < 1.29 is 0 Å². The van der Waals surface area contributed by atoms with E-state index in [1.165, 1.54) is 32.1 Å². The van der Waals surface area contributed by atoms with Gasteiger partial charge in [0.2, 0.25) is 0 Å². The third kappa shape index (κ3) is 2.39. The van der Waals surface area contributed by atoms with Crippen LogP contribution < -0.4 is 0 Å². The maximum Gasteiger partial charge on any atom is 0.191 e. The van der Waals surface area contributed by atoms with Crippen LogP contribution >= 0.6 is 11.8 Å². The molecule has 2 heterocycles. The Labute approximate surface area is 112 Å². The lowest BCUT2D eigenvalue weighted by Crippen LogP contribution is -2.06. The first-order chi connectivity index (χ1) is 8.83. The summed E-state index contributed by atoms with van der Waals surface area (Å²) in [5, 5.41) is 18.5. The lowest BCUT2D eigenvalue weighted by atomic mass is 10.1. The molecule has 1 aromatic rings. The summed E-state index contributed by atoms with van der Waals surface area (Å²) in [7, 11) is 0. The second-order valence-corrected chi connectivity index (χ2v) is 6.43. The van der Waals surface area contributed by atoms with Gasteiger partial charge in [0.05, 0.1) is 6.07 Å². The van der Waals surface area contributed by atoms with Crippen molar-refractivity contribution in [2.75, 3.05) is 5.75 Å². The average molecular weight is 262 g/mol. The van der Waals surface area contributed by atoms with Gasteiger partial charge in [0.1, 0.15) is 5.82 Å². The molecule has 18 heavy (non-hydrogen) atoms. The first-order valence-corrected chi connectivity index (χ1v) is 7.73. The van der Waals surface area contributed by atoms with Crippen molar-refractivity contribution in [3.63, 3.8) is 0 Å². The van der Waals surface area contributed by atoms with E-state index in [1.54, 1.807) is 11.8 Å². The molecule has 4 nitrogen and oxygen atoms in total. The predicted octanol–water partition coefficient (Wildman–Crippen LogP) is 2.79. The smallest absolute Gasteiger partial charge is 0.191 e. The van der Waals surface area contributed by atoms with Crippen molar-refractivity contribution in [2.24, 2.45) is 5.41 Å². The van der Waals surface area contributed by atoms with E-state index in [0.29, 0.717) is 6.42 Å². The summed E-state index contributed by atoms with van der Waals surface area (Å²) >= 11 is 1.80. The first kappa shape index (κ1) is 12.0. The second kappa shape index (κ2) is 4.93. The summed E-state index contributed by atoms with van der Waals surface area (Å²) in [6, 6.07) is 2.32. The highest BCUT2D eigenvalue weighted by Gasteiger charge is 2.42. The lowest BCUT2D eigenvalue weighted by molar-refractivity contribution is 0.582. The average Bonchev–Trinajstić information content (AvgIpc) is 3.09. The van der Waals surface area contributed by atoms with Crippen molar-refractivity contribution in [3.05, 3.63) is 5.82 Å². The van der Waals surface area contributed by atoms with E-state index in [0.717, 1.165) is 29.7 Å². The summed E-state index contributed by atoms with van der Waals surface area (Å²) in [5.41, 5.74) is 0.288. The van der Waals surface area contributed by atoms with Gasteiger partial charge in [-0.3, -0.25) is 0 Å². The van der Waals surface area contributed by atoms with Crippen molar-refractivity contribution in [1.29, 1.82) is 5.26 Å². The summed E-state index contributed by atoms with van der Waals surface area (Å²) in [6.07, 6.45) is 7.94. The minimum Gasteiger partial charge on any atom is -0.306 e. The standard InChI is InChI=1S/C13H18N4S/c14-8-7-13(5-6-13)10-18-12-16-15-11-4-2-1-3-9-17(11)12/h1-7,9-10H2. The molecule has 96 valence electrons. The molecule has 1 aliphatic heterocycles. The largest absolute Gasteiger partial charge is 0.306 e. The van der Waals surface area contributed by atoms with Crippen LogP contribution in [0.1, 0.15) is 44.3 Å². The minimum atomic E-state index is 0.288. The minimum absolute atomic E-state index is 0.288. The van der Waals surface area contributed by atoms with Crippen LogP contribution in [-0.4, -0.2) is 20.5 Å². The fourth-order valence-corrected chi connectivity index (χ4v) is 3.78. The van der Waals surface area contributed by atoms with E-state index in [4.69, 9.17) is 5.26 Å². The summed E-state index contributed by atoms with van der Waals surface area (Å²) in [5.74, 6) is 2.18. The molecule has 0 spiro atoms. The predicted molar refractivity (Wildman–Crippen MR) is 70.2 cm³/mol. The van der Waals surface area contributed by atoms with E-state index in [2.05, 4.69) is 20.8 Å². The summed E-state index contributed by atoms with van der Waals surface area (Å²) < 4.78 is 2.29. The van der Waals surface area contributed by atoms with Crippen LogP contribution in [-0.2, 0) is 13.0 Å². The molecule has 0 atom stereocenters. The van der Waals surface area contributed by atoms with Gasteiger partial charge in [0.15, 0.2) is 5.16 Å². The Balaban J connectivity index is 1.67. The van der Waals surface area contributed by atoms with Gasteiger partial charge >= 0.3 is 0 Å². The van der Waals surface area contributed by atoms with Crippen LogP contribution in [0.2, 0.25) is 0 Å². The third-order valence-electron chi connectivity index (χ3n) is 3.99. The van der Waals surface area contributed by atoms with E-state index in [1.807, 2.05) is 0 Å². The molecule has 1 saturated carbocycles. The molecule has 0 radical (unpaired) electrons. The SMILES string of the molecule is N#CCC1(CSc2nnc3n2CCCCC3)CC1. The molecule has 1 aromatic heterocycles. The fourth-order valence-electron chi connectivity index (χ4n) is 2.50. The number of aromatic nitrogens is 3. The number of hydrogen-bond acceptors (Lipinski definition) is 4. The van der Waals surface area contributed by atoms with Crippen LogP contribution in [0.25, 0.3) is 0 Å². The number of rotatable bonds is 4. The molecule has 1 fully saturated rings. The Morgan fingerprint density at radius 2 is 2.17 bits per heavy atom. The highest BCUT2D eigenvalue weighted by molar-refractivity contribution is 7.99. The van der Waals surface area contributed by atoms with Gasteiger partial charge in [0.25, 0.3) is 0 Å². The molecular formula is C13H18N4S. The van der Waals surface area contributed by atoms with Crippen LogP contribution in [0, 0.1) is 16.7 Å². The van der Waals surface area contributed by atoms with Gasteiger partial charge in [0, 0.05) is 25.1 Å². The molecular weight excluding hydrogens is 244 g/mol. The van der Waals surface area contributed by atoms with Crippen LogP contribution in [0.3, 0.4) is 0 Å². The monoisotopic (exact) mass is 262 g/mol. The van der Waals surface area contributed by atoms with Crippen LogP contribution in [0.4, 0.5) is 0 Å². The van der Waals surface area contributed by atoms with Crippen molar-refractivity contribution in [1.82, 2.24) is 14.8 Å². The molecule has 3 rings (SSSR count). The van der Waals surface area contributed by atoms with Crippen LogP contribution in [0.15, 0.2) is 5.16 Å². The highest BCUT2D eigenvalue weighted by atomic mass is 32.2. The van der Waals surface area contributed by atoms with E-state index >= 15 is 0 Å². The maximum atomic E-state index is 8.84. The molecule has 0 bridgehead atoms. The number of nitrogens with zero attached hydrogens (tertiary/aromatic N) is 4. The molecule has 5 heteroatoms. The number of aryl methyl sites for hydroxylation is 1. The summed E-state index contributed by atoms with van der Waals surface area (Å²) in [6.45, 7) is 1.07. The Hall–Kier alpha value is -1.02. The second-order valence-electron chi connectivity index (χ2n) is 5.48. The van der Waals surface area contributed by atoms with Gasteiger partial charge in [-0.25, -0.2) is 0 Å². The Morgan fingerprint density at radius 1 is 1.28 bits per heavy atom. The first-order valence-electron chi connectivity index (χ1n) is 6.75. The molecule has 0 amide bonds. The molecule has 0 aromatic carbocycles. The zero-order chi connectivity index (χ0) is 12.4. The van der Waals surface area contributed by atoms with Gasteiger partial charge in [-0.2, -0.15) is 5.26 Å². The molecule has 0 unspecified atom stereocenters. The Bertz CT molecular complexity index is 470. The highest BCUT2D eigenvalue weighted by Crippen LogP contribution is 2.51. The molecule has 1 aliphatic carbocycles. The van der Waals surface area contributed by atoms with E-state index in [9.17, 15) is 0 Å². The number of fused-ring (bicyclic) bond motifs is 1. The topological polar surface area (TPSA) is 54.5 Å². The maximum absolute atomic E-state index is 8.84. The van der Waals surface area contributed by atoms with Crippen molar-refractivity contribution in [2.45, 2.75) is 56.6 Å². The fraction of sp³-hybridized carbons (Fsp3) is 0.769. The Morgan fingerprint density at radius 3 is 2.94 bits per heavy atom. The number of nitriles is 1. The van der Waals surface area contributed by atoms with Crippen molar-refractivity contribution in [3.8, 4) is 6.07 Å². The molecule has 0 saturated heterocycles. The Kier molecular flexibility index (Phi) is 3.29. The molecule has 2 aliphatic rings. The molecule has 0 N–H and O–H groups in total. The third-order valence-corrected chi connectivity index (χ3v) is 5.31. The van der Waals surface area contributed by atoms with E-state index < -0.39 is 0 Å². The summed E-state index contributed by atoms with van der Waals surface area (Å²) in [4.78, 5) is 0. The quantitative estimate of drug-likeness (QED) is 0.783.